The zero-order chi connectivity index (χ0) is 17.5. The fourth-order valence-electron chi connectivity index (χ4n) is 2.88. The number of morpholine rings is 1. The van der Waals surface area contributed by atoms with Gasteiger partial charge >= 0.3 is 5.97 Å². The lowest BCUT2D eigenvalue weighted by molar-refractivity contribution is -0.137. The average Bonchev–Trinajstić information content (AvgIpc) is 2.66. The Hall–Kier alpha value is -2.37. The van der Waals surface area contributed by atoms with Crippen molar-refractivity contribution in [3.63, 3.8) is 0 Å². The summed E-state index contributed by atoms with van der Waals surface area (Å²) >= 11 is 0. The van der Waals surface area contributed by atoms with E-state index in [4.69, 9.17) is 14.6 Å². The Balaban J connectivity index is 1.53. The minimum absolute atomic E-state index is 0.0225. The van der Waals surface area contributed by atoms with Gasteiger partial charge < -0.3 is 14.6 Å². The summed E-state index contributed by atoms with van der Waals surface area (Å²) in [6.45, 7) is 3.23. The van der Waals surface area contributed by atoms with Crippen LogP contribution in [-0.2, 0) is 16.1 Å². The Morgan fingerprint density at radius 1 is 1.16 bits per heavy atom. The van der Waals surface area contributed by atoms with Crippen LogP contribution in [0.4, 0.5) is 0 Å². The summed E-state index contributed by atoms with van der Waals surface area (Å²) in [4.78, 5) is 12.9. The van der Waals surface area contributed by atoms with E-state index in [0.29, 0.717) is 19.8 Å². The molecule has 5 nitrogen and oxygen atoms in total. The summed E-state index contributed by atoms with van der Waals surface area (Å²) in [5, 5.41) is 8.82. The molecule has 132 valence electrons. The second kappa shape index (κ2) is 8.65. The smallest absolute Gasteiger partial charge is 0.304 e. The molecule has 2 aromatic carbocycles. The van der Waals surface area contributed by atoms with E-state index in [9.17, 15) is 4.79 Å². The average molecular weight is 341 g/mol. The number of carbonyl (C=O) groups is 1. The molecular weight excluding hydrogens is 318 g/mol. The van der Waals surface area contributed by atoms with Crippen LogP contribution in [0.2, 0.25) is 0 Å². The lowest BCUT2D eigenvalue weighted by atomic mass is 10.1. The summed E-state index contributed by atoms with van der Waals surface area (Å²) < 4.78 is 11.6. The topological polar surface area (TPSA) is 59.0 Å². The van der Waals surface area contributed by atoms with Crippen LogP contribution in [0.1, 0.15) is 23.7 Å². The van der Waals surface area contributed by atoms with Crippen molar-refractivity contribution in [1.82, 2.24) is 4.90 Å². The number of carboxylic acid groups (broad SMARTS) is 1. The van der Waals surface area contributed by atoms with Gasteiger partial charge in [-0.3, -0.25) is 9.69 Å². The first-order valence-corrected chi connectivity index (χ1v) is 8.53. The summed E-state index contributed by atoms with van der Waals surface area (Å²) in [6.07, 6.45) is 0.143. The normalized spacial score (nSPS) is 18.0. The highest BCUT2D eigenvalue weighted by atomic mass is 16.5. The van der Waals surface area contributed by atoms with Crippen molar-refractivity contribution in [2.45, 2.75) is 19.1 Å². The minimum Gasteiger partial charge on any atom is -0.489 e. The molecule has 1 N–H and O–H groups in total. The van der Waals surface area contributed by atoms with Crippen molar-refractivity contribution >= 4 is 5.97 Å². The zero-order valence-corrected chi connectivity index (χ0v) is 14.1. The molecule has 1 saturated heterocycles. The summed E-state index contributed by atoms with van der Waals surface area (Å²) in [6, 6.07) is 18.0. The highest BCUT2D eigenvalue weighted by molar-refractivity contribution is 5.66. The number of carboxylic acids is 1. The van der Waals surface area contributed by atoms with Crippen LogP contribution in [0.15, 0.2) is 54.6 Å². The van der Waals surface area contributed by atoms with Gasteiger partial charge in [-0.15, -0.1) is 0 Å². The maximum absolute atomic E-state index is 10.7. The molecular formula is C20H23NO4. The van der Waals surface area contributed by atoms with Gasteiger partial charge in [-0.05, 0) is 23.3 Å². The first-order chi connectivity index (χ1) is 12.2. The molecule has 0 saturated carbocycles. The molecule has 5 heteroatoms. The molecule has 0 amide bonds. The minimum atomic E-state index is -0.761. The van der Waals surface area contributed by atoms with Crippen LogP contribution in [0, 0.1) is 0 Å². The van der Waals surface area contributed by atoms with Crippen LogP contribution in [0.5, 0.6) is 5.75 Å². The number of benzene rings is 2. The second-order valence-electron chi connectivity index (χ2n) is 6.15. The van der Waals surface area contributed by atoms with Crippen molar-refractivity contribution in [1.29, 1.82) is 0 Å². The van der Waals surface area contributed by atoms with Gasteiger partial charge in [0.25, 0.3) is 0 Å². The second-order valence-corrected chi connectivity index (χ2v) is 6.15. The lowest BCUT2D eigenvalue weighted by Crippen LogP contribution is -2.39. The Labute approximate surface area is 147 Å². The van der Waals surface area contributed by atoms with Crippen LogP contribution in [0.25, 0.3) is 0 Å². The fourth-order valence-corrected chi connectivity index (χ4v) is 2.88. The van der Waals surface area contributed by atoms with Gasteiger partial charge in [0, 0.05) is 19.6 Å². The van der Waals surface area contributed by atoms with E-state index in [-0.39, 0.29) is 12.5 Å². The first-order valence-electron chi connectivity index (χ1n) is 8.53. The summed E-state index contributed by atoms with van der Waals surface area (Å²) in [5.74, 6) is 0.0640. The van der Waals surface area contributed by atoms with E-state index in [1.807, 2.05) is 54.6 Å². The van der Waals surface area contributed by atoms with Gasteiger partial charge in [-0.2, -0.15) is 0 Å². The molecule has 1 atom stereocenters. The van der Waals surface area contributed by atoms with E-state index in [2.05, 4.69) is 4.90 Å². The van der Waals surface area contributed by atoms with Gasteiger partial charge in [0.15, 0.2) is 0 Å². The number of rotatable bonds is 7. The molecule has 0 aliphatic carbocycles. The number of hydrogen-bond donors (Lipinski definition) is 1. The van der Waals surface area contributed by atoms with Crippen molar-refractivity contribution in [3.05, 3.63) is 65.7 Å². The number of nitrogens with zero attached hydrogens (tertiary/aromatic N) is 1. The molecule has 0 radical (unpaired) electrons. The van der Waals surface area contributed by atoms with Gasteiger partial charge in [0.2, 0.25) is 0 Å². The third kappa shape index (κ3) is 5.31. The predicted octanol–water partition coefficient (Wildman–Crippen LogP) is 3.11. The summed E-state index contributed by atoms with van der Waals surface area (Å²) in [5.41, 5.74) is 2.23. The van der Waals surface area contributed by atoms with Crippen molar-refractivity contribution < 1.29 is 19.4 Å². The molecule has 0 spiro atoms. The maximum Gasteiger partial charge on any atom is 0.304 e. The third-order valence-corrected chi connectivity index (χ3v) is 4.29. The number of hydrogen-bond acceptors (Lipinski definition) is 4. The fraction of sp³-hybridized carbons (Fsp3) is 0.350. The standard InChI is InChI=1S/C20H23NO4/c22-20(23)10-11-21-12-13-24-19(14-21)17-6-8-18(9-7-17)25-15-16-4-2-1-3-5-16/h1-9,19H,10-15H2,(H,22,23)/t19-/m1/s1. The van der Waals surface area contributed by atoms with E-state index < -0.39 is 5.97 Å². The Morgan fingerprint density at radius 2 is 1.92 bits per heavy atom. The maximum atomic E-state index is 10.7. The SMILES string of the molecule is O=C(O)CCN1CCO[C@@H](c2ccc(OCc3ccccc3)cc2)C1. The van der Waals surface area contributed by atoms with E-state index >= 15 is 0 Å². The van der Waals surface area contributed by atoms with E-state index in [1.165, 1.54) is 0 Å². The first kappa shape index (κ1) is 17.5. The highest BCUT2D eigenvalue weighted by Gasteiger charge is 2.22. The highest BCUT2D eigenvalue weighted by Crippen LogP contribution is 2.24. The van der Waals surface area contributed by atoms with Gasteiger partial charge in [0.1, 0.15) is 12.4 Å². The summed E-state index contributed by atoms with van der Waals surface area (Å²) in [7, 11) is 0. The van der Waals surface area contributed by atoms with Crippen molar-refractivity contribution in [2.75, 3.05) is 26.2 Å². The lowest BCUT2D eigenvalue weighted by Gasteiger charge is -2.32. The Bertz CT molecular complexity index is 672. The Morgan fingerprint density at radius 3 is 2.64 bits per heavy atom. The molecule has 25 heavy (non-hydrogen) atoms. The van der Waals surface area contributed by atoms with Crippen LogP contribution < -0.4 is 4.74 Å². The van der Waals surface area contributed by atoms with Gasteiger partial charge in [0.05, 0.1) is 19.1 Å². The molecule has 1 aliphatic rings. The van der Waals surface area contributed by atoms with E-state index in [0.717, 1.165) is 30.0 Å². The van der Waals surface area contributed by atoms with Crippen LogP contribution in [0.3, 0.4) is 0 Å². The van der Waals surface area contributed by atoms with Crippen molar-refractivity contribution in [2.24, 2.45) is 0 Å². The van der Waals surface area contributed by atoms with E-state index in [1.54, 1.807) is 0 Å². The molecule has 0 unspecified atom stereocenters. The third-order valence-electron chi connectivity index (χ3n) is 4.29. The monoisotopic (exact) mass is 341 g/mol. The van der Waals surface area contributed by atoms with Crippen molar-refractivity contribution in [3.8, 4) is 5.75 Å². The molecule has 0 aromatic heterocycles. The van der Waals surface area contributed by atoms with Crippen LogP contribution >= 0.6 is 0 Å². The number of ether oxygens (including phenoxy) is 2. The number of aliphatic carboxylic acids is 1. The quantitative estimate of drug-likeness (QED) is 0.838. The molecule has 2 aromatic rings. The largest absolute Gasteiger partial charge is 0.489 e. The van der Waals surface area contributed by atoms with Crippen LogP contribution in [-0.4, -0.2) is 42.2 Å². The molecule has 0 bridgehead atoms. The molecule has 1 heterocycles. The Kier molecular flexibility index (Phi) is 6.04. The predicted molar refractivity (Wildman–Crippen MR) is 94.6 cm³/mol. The molecule has 1 fully saturated rings. The molecule has 3 rings (SSSR count). The van der Waals surface area contributed by atoms with Gasteiger partial charge in [-0.25, -0.2) is 0 Å². The zero-order valence-electron chi connectivity index (χ0n) is 14.1. The molecule has 1 aliphatic heterocycles. The van der Waals surface area contributed by atoms with Gasteiger partial charge in [-0.1, -0.05) is 42.5 Å².